The van der Waals surface area contributed by atoms with Gasteiger partial charge in [-0.25, -0.2) is 9.18 Å². The number of nitrogens with zero attached hydrogens (tertiary/aromatic N) is 6. The number of aromatic nitrogens is 4. The number of carbonyl (C=O) groups is 1. The normalized spacial score (nSPS) is 14.8. The summed E-state index contributed by atoms with van der Waals surface area (Å²) in [6, 6.07) is 12.8. The highest BCUT2D eigenvalue weighted by Crippen LogP contribution is 2.15. The molecule has 150 valence electrons. The van der Waals surface area contributed by atoms with Crippen LogP contribution in [-0.4, -0.2) is 62.2 Å². The Kier molecular flexibility index (Phi) is 5.68. The maximum atomic E-state index is 13.0. The van der Waals surface area contributed by atoms with Crippen molar-refractivity contribution in [1.29, 1.82) is 0 Å². The van der Waals surface area contributed by atoms with Crippen LogP contribution in [0.25, 0.3) is 5.69 Å². The highest BCUT2D eigenvalue weighted by Gasteiger charge is 2.23. The van der Waals surface area contributed by atoms with Gasteiger partial charge in [0.05, 0.1) is 12.2 Å². The topological polar surface area (TPSA) is 79.2 Å². The lowest BCUT2D eigenvalue weighted by molar-refractivity contribution is 0.140. The zero-order valence-corrected chi connectivity index (χ0v) is 16.3. The quantitative estimate of drug-likeness (QED) is 0.708. The van der Waals surface area contributed by atoms with E-state index in [1.165, 1.54) is 12.1 Å². The Bertz CT molecular complexity index is 969. The fraction of sp³-hybridized carbons (Fsp3) is 0.263. The molecule has 1 aliphatic heterocycles. The highest BCUT2D eigenvalue weighted by molar-refractivity contribution is 6.30. The van der Waals surface area contributed by atoms with Crippen molar-refractivity contribution in [1.82, 2.24) is 30.0 Å². The summed E-state index contributed by atoms with van der Waals surface area (Å²) in [6.45, 7) is 3.13. The summed E-state index contributed by atoms with van der Waals surface area (Å²) in [5, 5.41) is 15.4. The van der Waals surface area contributed by atoms with E-state index in [2.05, 4.69) is 25.7 Å². The van der Waals surface area contributed by atoms with E-state index >= 15 is 0 Å². The third-order valence-electron chi connectivity index (χ3n) is 4.73. The van der Waals surface area contributed by atoms with Gasteiger partial charge in [-0.2, -0.15) is 4.68 Å². The summed E-state index contributed by atoms with van der Waals surface area (Å²) in [6.07, 6.45) is 0. The molecule has 1 fully saturated rings. The van der Waals surface area contributed by atoms with Crippen molar-refractivity contribution < 1.29 is 9.18 Å². The molecule has 0 spiro atoms. The molecule has 8 nitrogen and oxygen atoms in total. The lowest BCUT2D eigenvalue weighted by atomic mass is 10.3. The average molecular weight is 416 g/mol. The molecule has 0 saturated carbocycles. The van der Waals surface area contributed by atoms with Gasteiger partial charge in [-0.15, -0.1) is 5.10 Å². The van der Waals surface area contributed by atoms with Gasteiger partial charge < -0.3 is 10.2 Å². The molecule has 2 aromatic carbocycles. The number of piperazine rings is 1. The van der Waals surface area contributed by atoms with Gasteiger partial charge in [0.2, 0.25) is 0 Å². The van der Waals surface area contributed by atoms with E-state index in [0.29, 0.717) is 43.4 Å². The molecule has 1 N–H and O–H groups in total. The van der Waals surface area contributed by atoms with Crippen molar-refractivity contribution in [3.63, 3.8) is 0 Å². The van der Waals surface area contributed by atoms with Gasteiger partial charge in [-0.1, -0.05) is 11.6 Å². The molecular formula is C19H19ClFN7O. The lowest BCUT2D eigenvalue weighted by Gasteiger charge is -2.34. The van der Waals surface area contributed by atoms with E-state index in [0.717, 1.165) is 11.5 Å². The number of halogens is 2. The summed E-state index contributed by atoms with van der Waals surface area (Å²) in [7, 11) is 0. The second-order valence-corrected chi connectivity index (χ2v) is 7.12. The fourth-order valence-corrected chi connectivity index (χ4v) is 3.26. The van der Waals surface area contributed by atoms with E-state index in [-0.39, 0.29) is 11.8 Å². The SMILES string of the molecule is O=C(Nc1ccc(F)cc1)N1CCN(Cc2nnnn2-c2ccc(Cl)cc2)CC1. The van der Waals surface area contributed by atoms with E-state index in [9.17, 15) is 9.18 Å². The van der Waals surface area contributed by atoms with Crippen LogP contribution in [0.15, 0.2) is 48.5 Å². The molecule has 0 bridgehead atoms. The van der Waals surface area contributed by atoms with Crippen molar-refractivity contribution in [2.45, 2.75) is 6.54 Å². The first-order chi connectivity index (χ1) is 14.1. The van der Waals surface area contributed by atoms with Crippen LogP contribution >= 0.6 is 11.6 Å². The number of urea groups is 1. The Hall–Kier alpha value is -3.04. The standard InChI is InChI=1S/C19H19ClFN7O/c20-14-1-7-17(8-2-14)28-18(23-24-25-28)13-26-9-11-27(12-10-26)19(29)22-16-5-3-15(21)4-6-16/h1-8H,9-13H2,(H,22,29). The van der Waals surface area contributed by atoms with Gasteiger partial charge in [0.25, 0.3) is 0 Å². The van der Waals surface area contributed by atoms with Crippen LogP contribution in [0, 0.1) is 5.82 Å². The van der Waals surface area contributed by atoms with E-state index in [4.69, 9.17) is 11.6 Å². The van der Waals surface area contributed by atoms with Gasteiger partial charge in [-0.05, 0) is 59.0 Å². The first-order valence-electron chi connectivity index (χ1n) is 9.15. The predicted octanol–water partition coefficient (Wildman–Crippen LogP) is 2.80. The van der Waals surface area contributed by atoms with Crippen LogP contribution in [0.5, 0.6) is 0 Å². The molecule has 1 aromatic heterocycles. The third-order valence-corrected chi connectivity index (χ3v) is 4.98. The third kappa shape index (κ3) is 4.69. The Balaban J connectivity index is 1.32. The number of hydrogen-bond donors (Lipinski definition) is 1. The number of amides is 2. The number of nitrogens with one attached hydrogen (secondary N) is 1. The predicted molar refractivity (Wildman–Crippen MR) is 106 cm³/mol. The molecule has 1 aliphatic rings. The van der Waals surface area contributed by atoms with E-state index < -0.39 is 0 Å². The summed E-state index contributed by atoms with van der Waals surface area (Å²) in [5.74, 6) is 0.383. The fourth-order valence-electron chi connectivity index (χ4n) is 3.13. The summed E-state index contributed by atoms with van der Waals surface area (Å²) in [5.41, 5.74) is 1.41. The summed E-state index contributed by atoms with van der Waals surface area (Å²) < 4.78 is 14.7. The molecule has 3 aromatic rings. The summed E-state index contributed by atoms with van der Waals surface area (Å²) >= 11 is 5.94. The van der Waals surface area contributed by atoms with Crippen molar-refractivity contribution in [2.75, 3.05) is 31.5 Å². The van der Waals surface area contributed by atoms with Gasteiger partial charge >= 0.3 is 6.03 Å². The first-order valence-corrected chi connectivity index (χ1v) is 9.53. The number of hydrogen-bond acceptors (Lipinski definition) is 5. The number of tetrazole rings is 1. The van der Waals surface area contributed by atoms with Crippen LogP contribution in [0.1, 0.15) is 5.82 Å². The van der Waals surface area contributed by atoms with Crippen molar-refractivity contribution >= 4 is 23.3 Å². The molecule has 0 aliphatic carbocycles. The Morgan fingerprint density at radius 1 is 1.03 bits per heavy atom. The number of carbonyl (C=O) groups excluding carboxylic acids is 1. The summed E-state index contributed by atoms with van der Waals surface area (Å²) in [4.78, 5) is 16.3. The molecule has 1 saturated heterocycles. The minimum atomic E-state index is -0.336. The van der Waals surface area contributed by atoms with E-state index in [1.807, 2.05) is 12.1 Å². The highest BCUT2D eigenvalue weighted by atomic mass is 35.5. The van der Waals surface area contributed by atoms with Crippen LogP contribution in [0.4, 0.5) is 14.9 Å². The minimum absolute atomic E-state index is 0.192. The second kappa shape index (κ2) is 8.54. The van der Waals surface area contributed by atoms with Crippen LogP contribution in [0.2, 0.25) is 5.02 Å². The first kappa shape index (κ1) is 19.3. The lowest BCUT2D eigenvalue weighted by Crippen LogP contribution is -2.49. The van der Waals surface area contributed by atoms with Crippen LogP contribution in [0.3, 0.4) is 0 Å². The molecular weight excluding hydrogens is 397 g/mol. The minimum Gasteiger partial charge on any atom is -0.322 e. The molecule has 4 rings (SSSR count). The van der Waals surface area contributed by atoms with Gasteiger partial charge in [0, 0.05) is 36.9 Å². The van der Waals surface area contributed by atoms with Crippen molar-refractivity contribution in [3.8, 4) is 5.69 Å². The molecule has 2 heterocycles. The maximum absolute atomic E-state index is 13.0. The van der Waals surface area contributed by atoms with Crippen LogP contribution in [-0.2, 0) is 6.54 Å². The Morgan fingerprint density at radius 2 is 1.72 bits per heavy atom. The average Bonchev–Trinajstić information content (AvgIpc) is 3.19. The van der Waals surface area contributed by atoms with Crippen LogP contribution < -0.4 is 5.32 Å². The van der Waals surface area contributed by atoms with E-state index in [1.54, 1.807) is 33.8 Å². The molecule has 0 radical (unpaired) electrons. The van der Waals surface area contributed by atoms with Gasteiger partial charge in [-0.3, -0.25) is 4.90 Å². The number of anilines is 1. The number of benzene rings is 2. The zero-order valence-electron chi connectivity index (χ0n) is 15.5. The Labute approximate surface area is 171 Å². The van der Waals surface area contributed by atoms with Gasteiger partial charge in [0.1, 0.15) is 5.82 Å². The molecule has 10 heteroatoms. The molecule has 0 atom stereocenters. The second-order valence-electron chi connectivity index (χ2n) is 6.68. The largest absolute Gasteiger partial charge is 0.322 e. The Morgan fingerprint density at radius 3 is 2.41 bits per heavy atom. The molecule has 29 heavy (non-hydrogen) atoms. The maximum Gasteiger partial charge on any atom is 0.321 e. The van der Waals surface area contributed by atoms with Crippen molar-refractivity contribution in [2.24, 2.45) is 0 Å². The van der Waals surface area contributed by atoms with Gasteiger partial charge in [0.15, 0.2) is 5.82 Å². The monoisotopic (exact) mass is 415 g/mol. The molecule has 0 unspecified atom stereocenters. The van der Waals surface area contributed by atoms with Crippen molar-refractivity contribution in [3.05, 3.63) is 65.2 Å². The zero-order chi connectivity index (χ0) is 20.2. The smallest absolute Gasteiger partial charge is 0.321 e. The number of rotatable bonds is 4. The molecule has 2 amide bonds.